The molecule has 1 aliphatic heterocycles. The number of nitrogens with one attached hydrogen (secondary N) is 2. The standard InChI is InChI=1S/C34H31N3O2/c1-3-37-30-11-7-4-8-25(30)26-18-22(14-17-31(26)37)34-33-29(35-27-9-5-6-10-28(27)36-34)19-23(20-32(33)38)21-12-15-24(39-2)16-13-21/h4-18,23,34-36H,3,19-20H2,1-2H3/t23-,34-/m0/s1. The molecule has 0 radical (unpaired) electrons. The highest BCUT2D eigenvalue weighted by Gasteiger charge is 2.36. The highest BCUT2D eigenvalue weighted by molar-refractivity contribution is 6.08. The van der Waals surface area contributed by atoms with Crippen LogP contribution in [0.5, 0.6) is 5.75 Å². The number of hydrogen-bond donors (Lipinski definition) is 2. The third kappa shape index (κ3) is 3.88. The molecule has 0 saturated carbocycles. The van der Waals surface area contributed by atoms with Gasteiger partial charge in [0, 0.05) is 46.0 Å². The molecule has 0 unspecified atom stereocenters. The van der Waals surface area contributed by atoms with Crippen molar-refractivity contribution < 1.29 is 9.53 Å². The van der Waals surface area contributed by atoms with Crippen molar-refractivity contribution in [1.82, 2.24) is 4.57 Å². The number of allylic oxidation sites excluding steroid dienone is 1. The zero-order valence-electron chi connectivity index (χ0n) is 22.2. The molecule has 2 N–H and O–H groups in total. The van der Waals surface area contributed by atoms with Crippen molar-refractivity contribution in [3.8, 4) is 5.75 Å². The molecular formula is C34H31N3O2. The summed E-state index contributed by atoms with van der Waals surface area (Å²) in [4.78, 5) is 14.0. The summed E-state index contributed by atoms with van der Waals surface area (Å²) in [5, 5.41) is 9.87. The zero-order valence-corrected chi connectivity index (χ0v) is 22.2. The van der Waals surface area contributed by atoms with Gasteiger partial charge in [0.15, 0.2) is 5.78 Å². The number of Topliss-reactive ketones (excluding diaryl/α,β-unsaturated/α-hetero) is 1. The third-order valence-electron chi connectivity index (χ3n) is 8.34. The van der Waals surface area contributed by atoms with Gasteiger partial charge in [0.2, 0.25) is 0 Å². The predicted octanol–water partition coefficient (Wildman–Crippen LogP) is 7.80. The first-order chi connectivity index (χ1) is 19.1. The number of hydrogen-bond acceptors (Lipinski definition) is 4. The first-order valence-corrected chi connectivity index (χ1v) is 13.7. The van der Waals surface area contributed by atoms with E-state index < -0.39 is 0 Å². The van der Waals surface area contributed by atoms with Crippen molar-refractivity contribution in [2.45, 2.75) is 38.3 Å². The highest BCUT2D eigenvalue weighted by Crippen LogP contribution is 2.45. The quantitative estimate of drug-likeness (QED) is 0.257. The van der Waals surface area contributed by atoms with Gasteiger partial charge in [0.1, 0.15) is 5.75 Å². The maximum atomic E-state index is 14.0. The predicted molar refractivity (Wildman–Crippen MR) is 159 cm³/mol. The fourth-order valence-electron chi connectivity index (χ4n) is 6.45. The van der Waals surface area contributed by atoms with Crippen LogP contribution in [-0.2, 0) is 11.3 Å². The van der Waals surface area contributed by atoms with Crippen molar-refractivity contribution in [3.05, 3.63) is 113 Å². The lowest BCUT2D eigenvalue weighted by Crippen LogP contribution is -2.26. The normalized spacial score (nSPS) is 18.8. The minimum absolute atomic E-state index is 0.116. The Labute approximate surface area is 228 Å². The number of methoxy groups -OCH3 is 1. The van der Waals surface area contributed by atoms with Crippen molar-refractivity contribution in [2.24, 2.45) is 0 Å². The van der Waals surface area contributed by atoms with E-state index in [0.29, 0.717) is 6.42 Å². The molecule has 7 rings (SSSR count). The molecule has 1 aliphatic carbocycles. The van der Waals surface area contributed by atoms with Gasteiger partial charge in [-0.05, 0) is 72.9 Å². The van der Waals surface area contributed by atoms with E-state index in [4.69, 9.17) is 4.74 Å². The Morgan fingerprint density at radius 1 is 0.821 bits per heavy atom. The van der Waals surface area contributed by atoms with Crippen LogP contribution in [0.15, 0.2) is 102 Å². The maximum absolute atomic E-state index is 14.0. The summed E-state index contributed by atoms with van der Waals surface area (Å²) in [5.74, 6) is 1.13. The van der Waals surface area contributed by atoms with E-state index in [1.807, 2.05) is 24.3 Å². The average molecular weight is 514 g/mol. The van der Waals surface area contributed by atoms with Crippen molar-refractivity contribution in [1.29, 1.82) is 0 Å². The van der Waals surface area contributed by atoms with Crippen LogP contribution in [0.3, 0.4) is 0 Å². The van der Waals surface area contributed by atoms with Crippen LogP contribution in [0, 0.1) is 0 Å². The first kappa shape index (κ1) is 23.6. The lowest BCUT2D eigenvalue weighted by Gasteiger charge is -2.30. The van der Waals surface area contributed by atoms with Crippen LogP contribution >= 0.6 is 0 Å². The Hall–Kier alpha value is -4.51. The molecule has 2 heterocycles. The second kappa shape index (κ2) is 9.35. The number of aromatic nitrogens is 1. The first-order valence-electron chi connectivity index (χ1n) is 13.7. The Bertz CT molecular complexity index is 1760. The Kier molecular flexibility index (Phi) is 5.66. The van der Waals surface area contributed by atoms with Gasteiger partial charge in [-0.2, -0.15) is 0 Å². The van der Waals surface area contributed by atoms with Crippen LogP contribution < -0.4 is 15.4 Å². The number of ketones is 1. The lowest BCUT2D eigenvalue weighted by molar-refractivity contribution is -0.116. The Balaban J connectivity index is 1.36. The highest BCUT2D eigenvalue weighted by atomic mass is 16.5. The minimum Gasteiger partial charge on any atom is -0.497 e. The molecule has 0 spiro atoms. The lowest BCUT2D eigenvalue weighted by atomic mass is 9.78. The smallest absolute Gasteiger partial charge is 0.163 e. The van der Waals surface area contributed by atoms with Crippen molar-refractivity contribution >= 4 is 39.0 Å². The Morgan fingerprint density at radius 3 is 2.33 bits per heavy atom. The maximum Gasteiger partial charge on any atom is 0.163 e. The minimum atomic E-state index is -0.242. The number of anilines is 2. The molecule has 5 nitrogen and oxygen atoms in total. The van der Waals surface area contributed by atoms with Gasteiger partial charge in [0.25, 0.3) is 0 Å². The van der Waals surface area contributed by atoms with Gasteiger partial charge < -0.3 is 19.9 Å². The number of nitrogens with zero attached hydrogens (tertiary/aromatic N) is 1. The van der Waals surface area contributed by atoms with Crippen LogP contribution in [0.4, 0.5) is 11.4 Å². The molecule has 0 amide bonds. The second-order valence-corrected chi connectivity index (χ2v) is 10.5. The molecule has 4 aromatic carbocycles. The molecule has 0 fully saturated rings. The van der Waals surface area contributed by atoms with Gasteiger partial charge >= 0.3 is 0 Å². The van der Waals surface area contributed by atoms with Crippen LogP contribution in [-0.4, -0.2) is 17.5 Å². The number of aryl methyl sites for hydroxylation is 1. The number of rotatable bonds is 4. The topological polar surface area (TPSA) is 55.3 Å². The summed E-state index contributed by atoms with van der Waals surface area (Å²) in [6, 6.07) is 31.4. The van der Waals surface area contributed by atoms with E-state index in [1.165, 1.54) is 21.8 Å². The van der Waals surface area contributed by atoms with Crippen LogP contribution in [0.25, 0.3) is 21.8 Å². The van der Waals surface area contributed by atoms with E-state index in [-0.39, 0.29) is 17.7 Å². The summed E-state index contributed by atoms with van der Waals surface area (Å²) in [6.07, 6.45) is 1.26. The van der Waals surface area contributed by atoms with E-state index in [2.05, 4.69) is 88.9 Å². The third-order valence-corrected chi connectivity index (χ3v) is 8.34. The molecule has 1 aromatic heterocycles. The van der Waals surface area contributed by atoms with Gasteiger partial charge in [-0.1, -0.05) is 48.5 Å². The van der Waals surface area contributed by atoms with Crippen molar-refractivity contribution in [3.63, 3.8) is 0 Å². The second-order valence-electron chi connectivity index (χ2n) is 10.5. The number of fused-ring (bicyclic) bond motifs is 4. The summed E-state index contributed by atoms with van der Waals surface area (Å²) in [6.45, 7) is 3.09. The number of ether oxygens (including phenoxy) is 1. The summed E-state index contributed by atoms with van der Waals surface area (Å²) in [5.41, 5.74) is 8.57. The molecule has 2 aliphatic rings. The van der Waals surface area contributed by atoms with E-state index >= 15 is 0 Å². The molecular weight excluding hydrogens is 482 g/mol. The molecule has 0 bridgehead atoms. The number of carbonyl (C=O) groups is 1. The summed E-state index contributed by atoms with van der Waals surface area (Å²) < 4.78 is 7.71. The Morgan fingerprint density at radius 2 is 1.54 bits per heavy atom. The van der Waals surface area contributed by atoms with E-state index in [0.717, 1.165) is 52.5 Å². The van der Waals surface area contributed by atoms with Gasteiger partial charge in [-0.25, -0.2) is 0 Å². The summed E-state index contributed by atoms with van der Waals surface area (Å²) in [7, 11) is 1.67. The largest absolute Gasteiger partial charge is 0.497 e. The zero-order chi connectivity index (χ0) is 26.5. The molecule has 5 heteroatoms. The molecule has 0 saturated heterocycles. The number of benzene rings is 4. The monoisotopic (exact) mass is 513 g/mol. The molecule has 194 valence electrons. The van der Waals surface area contributed by atoms with Gasteiger partial charge in [0.05, 0.1) is 24.5 Å². The molecule has 39 heavy (non-hydrogen) atoms. The number of carbonyl (C=O) groups excluding carboxylic acids is 1. The van der Waals surface area contributed by atoms with Gasteiger partial charge in [-0.3, -0.25) is 4.79 Å². The van der Waals surface area contributed by atoms with E-state index in [9.17, 15) is 4.79 Å². The SMILES string of the molecule is CCn1c2ccccc2c2cc([C@@H]3Nc4ccccc4NC4=C3C(=O)C[C@@H](c3ccc(OC)cc3)C4)ccc21. The fraction of sp³-hybridized carbons (Fsp3) is 0.206. The van der Waals surface area contributed by atoms with Crippen LogP contribution in [0.2, 0.25) is 0 Å². The van der Waals surface area contributed by atoms with Crippen LogP contribution in [0.1, 0.15) is 42.9 Å². The van der Waals surface area contributed by atoms with E-state index in [1.54, 1.807) is 7.11 Å². The summed E-state index contributed by atoms with van der Waals surface area (Å²) >= 11 is 0. The number of para-hydroxylation sites is 3. The van der Waals surface area contributed by atoms with Gasteiger partial charge in [-0.15, -0.1) is 0 Å². The fourth-order valence-corrected chi connectivity index (χ4v) is 6.45. The van der Waals surface area contributed by atoms with Crippen molar-refractivity contribution in [2.75, 3.05) is 17.7 Å². The molecule has 5 aromatic rings. The molecule has 2 atom stereocenters. The average Bonchev–Trinajstić information content (AvgIpc) is 3.18.